The molecule has 1 amide bonds. The molecule has 1 aliphatic heterocycles. The minimum atomic E-state index is -3.97. The van der Waals surface area contributed by atoms with Crippen LogP contribution in [0.4, 0.5) is 8.78 Å². The normalized spacial score (nSPS) is 15.3. The highest BCUT2D eigenvalue weighted by molar-refractivity contribution is 7.89. The molecule has 0 bridgehead atoms. The second-order valence-corrected chi connectivity index (χ2v) is 9.57. The number of piperazine rings is 1. The van der Waals surface area contributed by atoms with Gasteiger partial charge >= 0.3 is 0 Å². The van der Waals surface area contributed by atoms with Crippen LogP contribution >= 0.6 is 11.3 Å². The lowest BCUT2D eigenvalue weighted by Crippen LogP contribution is -2.50. The van der Waals surface area contributed by atoms with Crippen LogP contribution in [0.2, 0.25) is 0 Å². The molecule has 1 aliphatic rings. The maximum absolute atomic E-state index is 13.9. The molecular formula is C20H17F2N3O3S2. The minimum absolute atomic E-state index is 0.0569. The highest BCUT2D eigenvalue weighted by Crippen LogP contribution is 2.28. The lowest BCUT2D eigenvalue weighted by atomic mass is 10.2. The number of thiazole rings is 1. The van der Waals surface area contributed by atoms with Gasteiger partial charge < -0.3 is 4.90 Å². The Bertz CT molecular complexity index is 1190. The number of rotatable bonds is 4. The zero-order chi connectivity index (χ0) is 21.3. The number of benzene rings is 2. The summed E-state index contributed by atoms with van der Waals surface area (Å²) < 4.78 is 54.4. The Kier molecular flexibility index (Phi) is 5.63. The molecule has 1 fully saturated rings. The molecule has 156 valence electrons. The van der Waals surface area contributed by atoms with Crippen LogP contribution in [-0.2, 0) is 10.0 Å². The largest absolute Gasteiger partial charge is 0.335 e. The number of nitrogens with zero attached hydrogens (tertiary/aromatic N) is 3. The van der Waals surface area contributed by atoms with Crippen molar-refractivity contribution in [2.75, 3.05) is 26.2 Å². The van der Waals surface area contributed by atoms with E-state index in [1.165, 1.54) is 39.7 Å². The minimum Gasteiger partial charge on any atom is -0.335 e. The zero-order valence-corrected chi connectivity index (χ0v) is 17.3. The predicted molar refractivity (Wildman–Crippen MR) is 109 cm³/mol. The van der Waals surface area contributed by atoms with E-state index in [4.69, 9.17) is 0 Å². The van der Waals surface area contributed by atoms with Crippen LogP contribution in [0.1, 0.15) is 9.67 Å². The summed E-state index contributed by atoms with van der Waals surface area (Å²) in [7, 11) is -3.97. The fourth-order valence-electron chi connectivity index (χ4n) is 3.21. The molecular weight excluding hydrogens is 432 g/mol. The maximum Gasteiger partial charge on any atom is 0.265 e. The molecule has 0 atom stereocenters. The molecule has 0 N–H and O–H groups in total. The molecule has 0 spiro atoms. The van der Waals surface area contributed by atoms with Crippen molar-refractivity contribution in [1.29, 1.82) is 0 Å². The van der Waals surface area contributed by atoms with Gasteiger partial charge in [-0.15, -0.1) is 11.3 Å². The van der Waals surface area contributed by atoms with Crippen molar-refractivity contribution in [2.24, 2.45) is 0 Å². The predicted octanol–water partition coefficient (Wildman–Crippen LogP) is 3.24. The standard InChI is InChI=1S/C20H17F2N3O3S2/c21-15-6-2-1-5-14(15)19-23-13-17(29-19)20(26)24-9-11-25(12-10-24)30(27,28)18-8-4-3-7-16(18)22/h1-8,13H,9-12H2. The van der Waals surface area contributed by atoms with Crippen LogP contribution in [0.3, 0.4) is 0 Å². The van der Waals surface area contributed by atoms with Crippen LogP contribution in [0.25, 0.3) is 10.6 Å². The highest BCUT2D eigenvalue weighted by atomic mass is 32.2. The summed E-state index contributed by atoms with van der Waals surface area (Å²) in [5.74, 6) is -1.52. The van der Waals surface area contributed by atoms with Gasteiger partial charge in [0.05, 0.1) is 6.20 Å². The van der Waals surface area contributed by atoms with Gasteiger partial charge in [-0.1, -0.05) is 24.3 Å². The van der Waals surface area contributed by atoms with Gasteiger partial charge in [-0.2, -0.15) is 4.31 Å². The van der Waals surface area contributed by atoms with Crippen molar-refractivity contribution >= 4 is 27.3 Å². The number of carbonyl (C=O) groups is 1. The van der Waals surface area contributed by atoms with Crippen LogP contribution in [-0.4, -0.2) is 54.7 Å². The molecule has 0 saturated carbocycles. The highest BCUT2D eigenvalue weighted by Gasteiger charge is 2.32. The van der Waals surface area contributed by atoms with E-state index < -0.39 is 21.7 Å². The Morgan fingerprint density at radius 2 is 1.57 bits per heavy atom. The van der Waals surface area contributed by atoms with Gasteiger partial charge in [0, 0.05) is 31.7 Å². The third kappa shape index (κ3) is 3.85. The number of hydrogen-bond donors (Lipinski definition) is 0. The lowest BCUT2D eigenvalue weighted by molar-refractivity contribution is 0.0702. The quantitative estimate of drug-likeness (QED) is 0.613. The fourth-order valence-corrected chi connectivity index (χ4v) is 5.61. The number of carbonyl (C=O) groups excluding carboxylic acids is 1. The Morgan fingerprint density at radius 3 is 2.23 bits per heavy atom. The smallest absolute Gasteiger partial charge is 0.265 e. The van der Waals surface area contributed by atoms with Crippen molar-refractivity contribution in [3.63, 3.8) is 0 Å². The van der Waals surface area contributed by atoms with Gasteiger partial charge in [-0.05, 0) is 24.3 Å². The van der Waals surface area contributed by atoms with E-state index >= 15 is 0 Å². The van der Waals surface area contributed by atoms with E-state index in [1.54, 1.807) is 18.2 Å². The van der Waals surface area contributed by atoms with E-state index in [2.05, 4.69) is 4.98 Å². The van der Waals surface area contributed by atoms with Crippen LogP contribution in [0.5, 0.6) is 0 Å². The van der Waals surface area contributed by atoms with Crippen LogP contribution in [0.15, 0.2) is 59.6 Å². The van der Waals surface area contributed by atoms with Gasteiger partial charge in [0.15, 0.2) is 0 Å². The van der Waals surface area contributed by atoms with Crippen molar-refractivity contribution in [3.05, 3.63) is 71.2 Å². The molecule has 0 unspecified atom stereocenters. The summed E-state index contributed by atoms with van der Waals surface area (Å²) in [4.78, 5) is 18.4. The summed E-state index contributed by atoms with van der Waals surface area (Å²) in [5.41, 5.74) is 0.322. The van der Waals surface area contributed by atoms with Gasteiger partial charge in [-0.3, -0.25) is 4.79 Å². The number of aromatic nitrogens is 1. The molecule has 6 nitrogen and oxygen atoms in total. The van der Waals surface area contributed by atoms with Gasteiger partial charge in [-0.25, -0.2) is 22.2 Å². The van der Waals surface area contributed by atoms with Crippen molar-refractivity contribution in [1.82, 2.24) is 14.2 Å². The summed E-state index contributed by atoms with van der Waals surface area (Å²) in [5, 5.41) is 0.400. The Labute approximate surface area is 176 Å². The molecule has 3 aromatic rings. The monoisotopic (exact) mass is 449 g/mol. The first kappa shape index (κ1) is 20.6. The molecule has 10 heteroatoms. The first-order chi connectivity index (χ1) is 14.4. The topological polar surface area (TPSA) is 70.6 Å². The molecule has 0 radical (unpaired) electrons. The van der Waals surface area contributed by atoms with E-state index in [1.807, 2.05) is 0 Å². The Hall–Kier alpha value is -2.69. The van der Waals surface area contributed by atoms with Crippen LogP contribution < -0.4 is 0 Å². The first-order valence-electron chi connectivity index (χ1n) is 9.12. The molecule has 1 aromatic heterocycles. The summed E-state index contributed by atoms with van der Waals surface area (Å²) in [6, 6.07) is 11.4. The van der Waals surface area contributed by atoms with Crippen LogP contribution in [0, 0.1) is 11.6 Å². The van der Waals surface area contributed by atoms with Crippen molar-refractivity contribution < 1.29 is 22.0 Å². The molecule has 2 heterocycles. The zero-order valence-electron chi connectivity index (χ0n) is 15.7. The number of hydrogen-bond acceptors (Lipinski definition) is 5. The van der Waals surface area contributed by atoms with E-state index in [0.717, 1.165) is 17.4 Å². The molecule has 2 aromatic carbocycles. The summed E-state index contributed by atoms with van der Waals surface area (Å²) in [6.45, 7) is 0.446. The summed E-state index contributed by atoms with van der Waals surface area (Å²) in [6.07, 6.45) is 1.40. The Balaban J connectivity index is 1.45. The lowest BCUT2D eigenvalue weighted by Gasteiger charge is -2.33. The molecule has 30 heavy (non-hydrogen) atoms. The second kappa shape index (κ2) is 8.21. The first-order valence-corrected chi connectivity index (χ1v) is 11.4. The fraction of sp³-hybridized carbons (Fsp3) is 0.200. The number of halogens is 2. The summed E-state index contributed by atoms with van der Waals surface area (Å²) >= 11 is 1.08. The van der Waals surface area contributed by atoms with E-state index in [0.29, 0.717) is 15.4 Å². The van der Waals surface area contributed by atoms with E-state index in [9.17, 15) is 22.0 Å². The SMILES string of the molecule is O=C(c1cnc(-c2ccccc2F)s1)N1CCN(S(=O)(=O)c2ccccc2F)CC1. The third-order valence-electron chi connectivity index (χ3n) is 4.80. The number of amides is 1. The maximum atomic E-state index is 13.9. The number of sulfonamides is 1. The van der Waals surface area contributed by atoms with Crippen molar-refractivity contribution in [3.8, 4) is 10.6 Å². The van der Waals surface area contributed by atoms with Gasteiger partial charge in [0.25, 0.3) is 5.91 Å². The average Bonchev–Trinajstić information content (AvgIpc) is 3.24. The molecule has 1 saturated heterocycles. The Morgan fingerprint density at radius 1 is 0.933 bits per heavy atom. The van der Waals surface area contributed by atoms with Gasteiger partial charge in [0.1, 0.15) is 26.4 Å². The average molecular weight is 450 g/mol. The molecule has 4 rings (SSSR count). The van der Waals surface area contributed by atoms with Crippen molar-refractivity contribution in [2.45, 2.75) is 4.90 Å². The molecule has 0 aliphatic carbocycles. The third-order valence-corrected chi connectivity index (χ3v) is 7.75. The van der Waals surface area contributed by atoms with E-state index in [-0.39, 0.29) is 37.0 Å². The second-order valence-electron chi connectivity index (χ2n) is 6.64. The van der Waals surface area contributed by atoms with Gasteiger partial charge in [0.2, 0.25) is 10.0 Å².